The van der Waals surface area contributed by atoms with E-state index in [2.05, 4.69) is 6.08 Å². The molecule has 1 heterocycles. The Hall–Kier alpha value is -2.99. The molecule has 0 bridgehead atoms. The third-order valence-electron chi connectivity index (χ3n) is 4.89. The highest BCUT2D eigenvalue weighted by Gasteiger charge is 2.22. The Balaban J connectivity index is 2.15. The predicted molar refractivity (Wildman–Crippen MR) is 110 cm³/mol. The first-order valence-electron chi connectivity index (χ1n) is 9.21. The highest BCUT2D eigenvalue weighted by atomic mass is 16.5. The number of phenols is 1. The Morgan fingerprint density at radius 1 is 1.07 bits per heavy atom. The molecule has 0 amide bonds. The van der Waals surface area contributed by atoms with E-state index in [1.807, 2.05) is 43.2 Å². The van der Waals surface area contributed by atoms with Crippen LogP contribution in [0.2, 0.25) is 0 Å². The number of likely N-dealkylation sites (N-methyl/N-ethyl adjacent to an activating group) is 1. The molecule has 148 valence electrons. The molecule has 28 heavy (non-hydrogen) atoms. The van der Waals surface area contributed by atoms with Gasteiger partial charge in [-0.15, -0.1) is 0 Å². The molecule has 0 unspecified atom stereocenters. The zero-order chi connectivity index (χ0) is 20.3. The quantitative estimate of drug-likeness (QED) is 0.803. The molecule has 0 aliphatic carbocycles. The topological polar surface area (TPSA) is 74.5 Å². The number of rotatable bonds is 6. The Morgan fingerprint density at radius 3 is 2.46 bits per heavy atom. The van der Waals surface area contributed by atoms with E-state index in [9.17, 15) is 10.2 Å². The zero-order valence-electron chi connectivity index (χ0n) is 16.7. The third-order valence-corrected chi connectivity index (χ3v) is 4.89. The second-order valence-corrected chi connectivity index (χ2v) is 6.63. The van der Waals surface area contributed by atoms with Gasteiger partial charge in [-0.2, -0.15) is 5.10 Å². The van der Waals surface area contributed by atoms with Gasteiger partial charge in [-0.3, -0.25) is 5.01 Å². The molecule has 0 saturated heterocycles. The van der Waals surface area contributed by atoms with E-state index in [1.165, 1.54) is 0 Å². The van der Waals surface area contributed by atoms with E-state index in [0.717, 1.165) is 28.0 Å². The first-order valence-corrected chi connectivity index (χ1v) is 9.21. The third kappa shape index (κ3) is 3.68. The number of ether oxygens (including phenoxy) is 2. The molecule has 3 rings (SSSR count). The van der Waals surface area contributed by atoms with Crippen LogP contribution >= 0.6 is 0 Å². The number of phenolic OH excluding ortho intramolecular Hbond substituents is 1. The number of aliphatic hydroxyl groups is 1. The van der Waals surface area contributed by atoms with Crippen LogP contribution in [0.1, 0.15) is 29.2 Å². The van der Waals surface area contributed by atoms with Gasteiger partial charge in [-0.25, -0.2) is 0 Å². The Labute approximate surface area is 165 Å². The molecule has 0 radical (unpaired) electrons. The molecule has 1 aliphatic rings. The van der Waals surface area contributed by atoms with Gasteiger partial charge in [-0.05, 0) is 47.4 Å². The van der Waals surface area contributed by atoms with Gasteiger partial charge < -0.3 is 19.7 Å². The molecule has 6 nitrogen and oxygen atoms in total. The van der Waals surface area contributed by atoms with Crippen LogP contribution in [0.15, 0.2) is 41.5 Å². The summed E-state index contributed by atoms with van der Waals surface area (Å²) in [6, 6.07) is 9.29. The van der Waals surface area contributed by atoms with Crippen LogP contribution < -0.4 is 9.47 Å². The van der Waals surface area contributed by atoms with Gasteiger partial charge in [0.25, 0.3) is 0 Å². The van der Waals surface area contributed by atoms with Gasteiger partial charge in [0.1, 0.15) is 5.75 Å². The normalized spacial score (nSPS) is 13.8. The average Bonchev–Trinajstić information content (AvgIpc) is 2.72. The summed E-state index contributed by atoms with van der Waals surface area (Å²) in [7, 11) is 5.12. The van der Waals surface area contributed by atoms with E-state index in [-0.39, 0.29) is 12.4 Å². The van der Waals surface area contributed by atoms with Crippen molar-refractivity contribution in [2.75, 3.05) is 27.8 Å². The number of aryl methyl sites for hydroxylation is 1. The van der Waals surface area contributed by atoms with Crippen LogP contribution in [-0.4, -0.2) is 48.7 Å². The van der Waals surface area contributed by atoms with E-state index in [4.69, 9.17) is 14.6 Å². The van der Waals surface area contributed by atoms with Crippen molar-refractivity contribution in [3.05, 3.63) is 58.7 Å². The number of nitrogens with zero attached hydrogens (tertiary/aromatic N) is 2. The molecular formula is C22H26N2O4. The van der Waals surface area contributed by atoms with Crippen LogP contribution in [0.3, 0.4) is 0 Å². The van der Waals surface area contributed by atoms with Gasteiger partial charge in [-0.1, -0.05) is 19.1 Å². The summed E-state index contributed by atoms with van der Waals surface area (Å²) < 4.78 is 10.8. The highest BCUT2D eigenvalue weighted by molar-refractivity contribution is 6.32. The number of hydrogen-bond acceptors (Lipinski definition) is 6. The Morgan fingerprint density at radius 2 is 1.82 bits per heavy atom. The number of aliphatic hydroxyl groups excluding tert-OH is 1. The highest BCUT2D eigenvalue weighted by Crippen LogP contribution is 2.34. The van der Waals surface area contributed by atoms with E-state index in [0.29, 0.717) is 30.0 Å². The molecule has 0 spiro atoms. The second kappa shape index (κ2) is 8.35. The molecular weight excluding hydrogens is 356 g/mol. The first-order chi connectivity index (χ1) is 13.5. The smallest absolute Gasteiger partial charge is 0.161 e. The van der Waals surface area contributed by atoms with Crippen molar-refractivity contribution >= 4 is 11.3 Å². The van der Waals surface area contributed by atoms with Gasteiger partial charge in [0.15, 0.2) is 11.5 Å². The Bertz CT molecular complexity index is 934. The van der Waals surface area contributed by atoms with Gasteiger partial charge >= 0.3 is 0 Å². The number of allylic oxidation sites excluding steroid dienone is 1. The maximum atomic E-state index is 10.2. The summed E-state index contributed by atoms with van der Waals surface area (Å²) in [6.45, 7) is 2.46. The fraction of sp³-hybridized carbons (Fsp3) is 0.318. The molecule has 2 aromatic rings. The molecule has 0 saturated carbocycles. The van der Waals surface area contributed by atoms with Crippen LogP contribution in [0.4, 0.5) is 0 Å². The zero-order valence-corrected chi connectivity index (χ0v) is 16.7. The molecule has 0 atom stereocenters. The molecule has 6 heteroatoms. The second-order valence-electron chi connectivity index (χ2n) is 6.63. The maximum absolute atomic E-state index is 10.2. The number of benzene rings is 2. The number of methoxy groups -OCH3 is 2. The van der Waals surface area contributed by atoms with Crippen molar-refractivity contribution in [2.45, 2.75) is 20.0 Å². The predicted octanol–water partition coefficient (Wildman–Crippen LogP) is 3.20. The van der Waals surface area contributed by atoms with Gasteiger partial charge in [0.2, 0.25) is 0 Å². The van der Waals surface area contributed by atoms with E-state index >= 15 is 0 Å². The number of aromatic hydroxyl groups is 1. The lowest BCUT2D eigenvalue weighted by molar-refractivity contribution is 0.281. The Kier molecular flexibility index (Phi) is 5.90. The summed E-state index contributed by atoms with van der Waals surface area (Å²) >= 11 is 0. The molecule has 0 fully saturated rings. The lowest BCUT2D eigenvalue weighted by Gasteiger charge is -2.24. The largest absolute Gasteiger partial charge is 0.508 e. The standard InChI is InChI=1S/C22H26N2O4/c1-5-14-10-18(16(13-25)11-19(14)26)22-17(8-9-24(2)23-22)15-6-7-20(27-3)21(12-15)28-4/h6-8,10-12,25-26H,5,9,13H2,1-4H3. The molecule has 0 aromatic heterocycles. The monoisotopic (exact) mass is 382 g/mol. The summed E-state index contributed by atoms with van der Waals surface area (Å²) in [4.78, 5) is 0. The lowest BCUT2D eigenvalue weighted by Crippen LogP contribution is -2.23. The molecule has 2 aromatic carbocycles. The van der Waals surface area contributed by atoms with Gasteiger partial charge in [0.05, 0.1) is 33.1 Å². The van der Waals surface area contributed by atoms with E-state index < -0.39 is 0 Å². The fourth-order valence-corrected chi connectivity index (χ4v) is 3.35. The molecule has 1 aliphatic heterocycles. The van der Waals surface area contributed by atoms with Crippen molar-refractivity contribution in [2.24, 2.45) is 5.10 Å². The van der Waals surface area contributed by atoms with E-state index in [1.54, 1.807) is 20.3 Å². The summed E-state index contributed by atoms with van der Waals surface area (Å²) in [5.74, 6) is 1.49. The van der Waals surface area contributed by atoms with Crippen molar-refractivity contribution in [1.29, 1.82) is 0 Å². The van der Waals surface area contributed by atoms with Crippen molar-refractivity contribution in [3.8, 4) is 17.2 Å². The summed E-state index contributed by atoms with van der Waals surface area (Å²) in [6.07, 6.45) is 2.78. The maximum Gasteiger partial charge on any atom is 0.161 e. The first kappa shape index (κ1) is 19.8. The van der Waals surface area contributed by atoms with Crippen LogP contribution in [-0.2, 0) is 13.0 Å². The van der Waals surface area contributed by atoms with Crippen LogP contribution in [0.25, 0.3) is 5.57 Å². The molecule has 2 N–H and O–H groups in total. The lowest BCUT2D eigenvalue weighted by atomic mass is 9.90. The number of hydrazone groups is 1. The minimum Gasteiger partial charge on any atom is -0.508 e. The van der Waals surface area contributed by atoms with Crippen molar-refractivity contribution < 1.29 is 19.7 Å². The summed E-state index contributed by atoms with van der Waals surface area (Å²) in [5.41, 5.74) is 4.90. The number of hydrogen-bond donors (Lipinski definition) is 2. The minimum atomic E-state index is -0.186. The van der Waals surface area contributed by atoms with Crippen molar-refractivity contribution in [3.63, 3.8) is 0 Å². The van der Waals surface area contributed by atoms with Gasteiger partial charge in [0, 0.05) is 18.2 Å². The van der Waals surface area contributed by atoms with Crippen molar-refractivity contribution in [1.82, 2.24) is 5.01 Å². The van der Waals surface area contributed by atoms with Crippen LogP contribution in [0, 0.1) is 0 Å². The average molecular weight is 382 g/mol. The van der Waals surface area contributed by atoms with Crippen LogP contribution in [0.5, 0.6) is 17.2 Å². The minimum absolute atomic E-state index is 0.186. The SMILES string of the molecule is CCc1cc(C2=NN(C)CC=C2c2ccc(OC)c(OC)c2)c(CO)cc1O. The fourth-order valence-electron chi connectivity index (χ4n) is 3.35. The summed E-state index contributed by atoms with van der Waals surface area (Å²) in [5, 5.41) is 26.7.